The molecule has 0 saturated carbocycles. The Hall–Kier alpha value is -2.79. The first-order chi connectivity index (χ1) is 12.3. The molecule has 0 aliphatic heterocycles. The Balaban J connectivity index is 2.13. The Morgan fingerprint density at radius 3 is 2.58 bits per heavy atom. The number of fused-ring (bicyclic) bond motifs is 1. The van der Waals surface area contributed by atoms with Gasteiger partial charge in [0.2, 0.25) is 21.8 Å². The lowest BCUT2D eigenvalue weighted by Crippen LogP contribution is -2.36. The number of sulfonamides is 1. The van der Waals surface area contributed by atoms with Crippen molar-refractivity contribution in [1.82, 2.24) is 14.6 Å². The zero-order chi connectivity index (χ0) is 18.9. The third kappa shape index (κ3) is 3.30. The summed E-state index contributed by atoms with van der Waals surface area (Å²) in [6.45, 7) is 0. The topological polar surface area (TPSA) is 112 Å². The number of carbonyl (C=O) groups is 1. The standard InChI is InChI=1S/C15H14N4O5S2/c1-23-13-7-5-11(14(16-13)24-2)19(26(3,21)22)15(20)9-4-6-12-10(8-9)17-18-25-12/h4-8H,1-3H3. The summed E-state index contributed by atoms with van der Waals surface area (Å²) in [6.07, 6.45) is 0.928. The first-order valence-electron chi connectivity index (χ1n) is 7.21. The minimum atomic E-state index is -3.97. The summed E-state index contributed by atoms with van der Waals surface area (Å²) in [6, 6.07) is 7.51. The Morgan fingerprint density at radius 2 is 1.92 bits per heavy atom. The highest BCUT2D eigenvalue weighted by atomic mass is 32.2. The molecule has 3 rings (SSSR count). The van der Waals surface area contributed by atoms with Gasteiger partial charge in [0.15, 0.2) is 0 Å². The smallest absolute Gasteiger partial charge is 0.272 e. The third-order valence-corrected chi connectivity index (χ3v) is 5.18. The summed E-state index contributed by atoms with van der Waals surface area (Å²) < 4.78 is 40.1. The van der Waals surface area contributed by atoms with Gasteiger partial charge in [-0.25, -0.2) is 8.42 Å². The Morgan fingerprint density at radius 1 is 1.15 bits per heavy atom. The highest BCUT2D eigenvalue weighted by Gasteiger charge is 2.30. The summed E-state index contributed by atoms with van der Waals surface area (Å²) >= 11 is 1.18. The third-order valence-electron chi connectivity index (χ3n) is 3.45. The van der Waals surface area contributed by atoms with Crippen LogP contribution < -0.4 is 13.8 Å². The summed E-state index contributed by atoms with van der Waals surface area (Å²) in [7, 11) is -1.23. The van der Waals surface area contributed by atoms with Crippen molar-refractivity contribution >= 4 is 43.4 Å². The highest BCUT2D eigenvalue weighted by Crippen LogP contribution is 2.32. The fourth-order valence-electron chi connectivity index (χ4n) is 2.30. The average Bonchev–Trinajstić information content (AvgIpc) is 3.08. The van der Waals surface area contributed by atoms with E-state index in [1.54, 1.807) is 6.07 Å². The molecular weight excluding hydrogens is 380 g/mol. The van der Waals surface area contributed by atoms with E-state index in [9.17, 15) is 13.2 Å². The van der Waals surface area contributed by atoms with Gasteiger partial charge in [0.1, 0.15) is 11.2 Å². The second-order valence-electron chi connectivity index (χ2n) is 5.17. The minimum Gasteiger partial charge on any atom is -0.481 e. The van der Waals surface area contributed by atoms with Gasteiger partial charge in [0.05, 0.1) is 25.2 Å². The predicted octanol–water partition coefficient (Wildman–Crippen LogP) is 1.71. The Labute approximate surface area is 153 Å². The van der Waals surface area contributed by atoms with E-state index in [0.29, 0.717) is 9.82 Å². The van der Waals surface area contributed by atoms with Crippen molar-refractivity contribution in [3.8, 4) is 11.8 Å². The molecule has 0 radical (unpaired) electrons. The van der Waals surface area contributed by atoms with Crippen LogP contribution in [0.1, 0.15) is 10.4 Å². The zero-order valence-electron chi connectivity index (χ0n) is 14.0. The van der Waals surface area contributed by atoms with Crippen molar-refractivity contribution < 1.29 is 22.7 Å². The van der Waals surface area contributed by atoms with Gasteiger partial charge in [-0.3, -0.25) is 4.79 Å². The predicted molar refractivity (Wildman–Crippen MR) is 96.4 cm³/mol. The van der Waals surface area contributed by atoms with Gasteiger partial charge < -0.3 is 9.47 Å². The van der Waals surface area contributed by atoms with E-state index in [0.717, 1.165) is 11.0 Å². The Kier molecular flexibility index (Phi) is 4.74. The molecule has 26 heavy (non-hydrogen) atoms. The van der Waals surface area contributed by atoms with Crippen LogP contribution >= 0.6 is 11.5 Å². The van der Waals surface area contributed by atoms with Crippen LogP contribution in [-0.2, 0) is 10.0 Å². The molecule has 0 atom stereocenters. The molecule has 136 valence electrons. The summed E-state index contributed by atoms with van der Waals surface area (Å²) in [5.41, 5.74) is 0.639. The number of amides is 1. The molecule has 1 amide bonds. The van der Waals surface area contributed by atoms with Crippen LogP contribution in [0.4, 0.5) is 5.69 Å². The molecule has 3 aromatic rings. The van der Waals surface area contributed by atoms with E-state index in [4.69, 9.17) is 9.47 Å². The van der Waals surface area contributed by atoms with Crippen molar-refractivity contribution in [2.24, 2.45) is 0 Å². The maximum Gasteiger partial charge on any atom is 0.272 e. The largest absolute Gasteiger partial charge is 0.481 e. The molecule has 0 aliphatic carbocycles. The number of hydrogen-bond donors (Lipinski definition) is 0. The molecule has 0 fully saturated rings. The number of ether oxygens (including phenoxy) is 2. The SMILES string of the molecule is COc1ccc(N(C(=O)c2ccc3snnc3c2)S(C)(=O)=O)c(OC)n1. The number of benzene rings is 1. The number of methoxy groups -OCH3 is 2. The summed E-state index contributed by atoms with van der Waals surface area (Å²) in [5, 5.41) is 3.91. The fraction of sp³-hybridized carbons (Fsp3) is 0.200. The maximum atomic E-state index is 13.0. The van der Waals surface area contributed by atoms with E-state index in [1.165, 1.54) is 50.0 Å². The molecule has 0 spiro atoms. The molecule has 0 bridgehead atoms. The lowest BCUT2D eigenvalue weighted by molar-refractivity contribution is 0.100. The fourth-order valence-corrected chi connectivity index (χ4v) is 3.75. The van der Waals surface area contributed by atoms with Crippen LogP contribution in [-0.4, -0.2) is 49.4 Å². The molecule has 2 heterocycles. The Bertz CT molecular complexity index is 1080. The number of anilines is 1. The van der Waals surface area contributed by atoms with Crippen LogP contribution in [0.5, 0.6) is 11.8 Å². The first-order valence-corrected chi connectivity index (χ1v) is 9.83. The lowest BCUT2D eigenvalue weighted by atomic mass is 10.2. The lowest BCUT2D eigenvalue weighted by Gasteiger charge is -2.22. The first kappa shape index (κ1) is 18.0. The number of aromatic nitrogens is 3. The number of carbonyl (C=O) groups excluding carboxylic acids is 1. The number of rotatable bonds is 5. The molecule has 0 saturated heterocycles. The van der Waals surface area contributed by atoms with Gasteiger partial charge in [-0.15, -0.1) is 5.10 Å². The maximum absolute atomic E-state index is 13.0. The van der Waals surface area contributed by atoms with Crippen molar-refractivity contribution in [2.45, 2.75) is 0 Å². The molecule has 11 heteroatoms. The van der Waals surface area contributed by atoms with E-state index >= 15 is 0 Å². The van der Waals surface area contributed by atoms with Gasteiger partial charge in [0.25, 0.3) is 5.91 Å². The molecule has 0 aliphatic rings. The molecule has 0 N–H and O–H groups in total. The van der Waals surface area contributed by atoms with Crippen molar-refractivity contribution in [3.63, 3.8) is 0 Å². The summed E-state index contributed by atoms with van der Waals surface area (Å²) in [4.78, 5) is 17.0. The highest BCUT2D eigenvalue weighted by molar-refractivity contribution is 7.92. The second kappa shape index (κ2) is 6.84. The van der Waals surface area contributed by atoms with Crippen LogP contribution in [0.2, 0.25) is 0 Å². The molecule has 1 aromatic carbocycles. The van der Waals surface area contributed by atoms with Gasteiger partial charge in [-0.05, 0) is 35.8 Å². The average molecular weight is 394 g/mol. The van der Waals surface area contributed by atoms with E-state index in [1.807, 2.05) is 0 Å². The monoisotopic (exact) mass is 394 g/mol. The van der Waals surface area contributed by atoms with Crippen molar-refractivity contribution in [1.29, 1.82) is 0 Å². The van der Waals surface area contributed by atoms with E-state index < -0.39 is 15.9 Å². The van der Waals surface area contributed by atoms with Crippen LogP contribution in [0, 0.1) is 0 Å². The summed E-state index contributed by atoms with van der Waals surface area (Å²) in [5.74, 6) is -0.589. The number of pyridine rings is 1. The number of nitrogens with zero attached hydrogens (tertiary/aromatic N) is 4. The minimum absolute atomic E-state index is 0.0164. The van der Waals surface area contributed by atoms with Crippen LogP contribution in [0.25, 0.3) is 10.2 Å². The quantitative estimate of drug-likeness (QED) is 0.643. The van der Waals surface area contributed by atoms with Gasteiger partial charge in [-0.1, -0.05) is 4.49 Å². The van der Waals surface area contributed by atoms with Gasteiger partial charge in [0, 0.05) is 11.6 Å². The molecule has 9 nitrogen and oxygen atoms in total. The van der Waals surface area contributed by atoms with Crippen molar-refractivity contribution in [3.05, 3.63) is 35.9 Å². The van der Waals surface area contributed by atoms with Crippen LogP contribution in [0.3, 0.4) is 0 Å². The molecule has 2 aromatic heterocycles. The van der Waals surface area contributed by atoms with Crippen LogP contribution in [0.15, 0.2) is 30.3 Å². The second-order valence-corrected chi connectivity index (χ2v) is 7.79. The molecule has 0 unspecified atom stereocenters. The van der Waals surface area contributed by atoms with E-state index in [2.05, 4.69) is 14.6 Å². The zero-order valence-corrected chi connectivity index (χ0v) is 15.7. The van der Waals surface area contributed by atoms with E-state index in [-0.39, 0.29) is 23.0 Å². The molecular formula is C15H14N4O5S2. The number of hydrogen-bond acceptors (Lipinski definition) is 9. The normalized spacial score (nSPS) is 11.3. The van der Waals surface area contributed by atoms with Gasteiger partial charge in [-0.2, -0.15) is 9.29 Å². The van der Waals surface area contributed by atoms with Gasteiger partial charge >= 0.3 is 0 Å². The van der Waals surface area contributed by atoms with Crippen molar-refractivity contribution in [2.75, 3.05) is 24.8 Å².